The van der Waals surface area contributed by atoms with Crippen molar-refractivity contribution in [1.82, 2.24) is 9.80 Å². The smallest absolute Gasteiger partial charge is 0.253 e. The predicted molar refractivity (Wildman–Crippen MR) is 68.8 cm³/mol. The van der Waals surface area contributed by atoms with Gasteiger partial charge in [0.15, 0.2) is 0 Å². The zero-order valence-electron chi connectivity index (χ0n) is 11.6. The lowest BCUT2D eigenvalue weighted by atomic mass is 9.93. The number of hydrogen-bond acceptors (Lipinski definition) is 3. The monoisotopic (exact) mass is 242 g/mol. The number of carbonyl (C=O) groups is 1. The van der Waals surface area contributed by atoms with Crippen molar-refractivity contribution in [2.75, 3.05) is 33.7 Å². The Morgan fingerprint density at radius 3 is 2.41 bits per heavy atom. The van der Waals surface area contributed by atoms with Crippen molar-refractivity contribution in [1.29, 1.82) is 0 Å². The molecule has 1 saturated heterocycles. The van der Waals surface area contributed by atoms with Crippen LogP contribution in [0.25, 0.3) is 0 Å². The van der Waals surface area contributed by atoms with Gasteiger partial charge in [-0.2, -0.15) is 0 Å². The highest BCUT2D eigenvalue weighted by Crippen LogP contribution is 2.20. The van der Waals surface area contributed by atoms with Gasteiger partial charge in [0, 0.05) is 13.6 Å². The molecular weight excluding hydrogens is 216 g/mol. The largest absolute Gasteiger partial charge is 0.381 e. The molecule has 1 amide bonds. The van der Waals surface area contributed by atoms with Crippen molar-refractivity contribution < 1.29 is 9.90 Å². The van der Waals surface area contributed by atoms with Gasteiger partial charge >= 0.3 is 0 Å². The van der Waals surface area contributed by atoms with E-state index in [1.807, 2.05) is 0 Å². The molecule has 4 heteroatoms. The molecule has 0 bridgehead atoms. The van der Waals surface area contributed by atoms with E-state index in [0.717, 1.165) is 32.0 Å². The van der Waals surface area contributed by atoms with Gasteiger partial charge in [-0.05, 0) is 59.2 Å². The summed E-state index contributed by atoms with van der Waals surface area (Å²) in [5.74, 6) is 0.536. The molecule has 1 N–H and O–H groups in total. The van der Waals surface area contributed by atoms with E-state index >= 15 is 0 Å². The lowest BCUT2D eigenvalue weighted by Crippen LogP contribution is -2.44. The third kappa shape index (κ3) is 4.64. The summed E-state index contributed by atoms with van der Waals surface area (Å²) in [5.41, 5.74) is -1.25. The van der Waals surface area contributed by atoms with Crippen LogP contribution in [0.3, 0.4) is 0 Å². The summed E-state index contributed by atoms with van der Waals surface area (Å²) in [5, 5.41) is 9.63. The molecule has 0 aromatic rings. The fraction of sp³-hybridized carbons (Fsp3) is 0.923. The fourth-order valence-electron chi connectivity index (χ4n) is 2.30. The number of amides is 1. The van der Waals surface area contributed by atoms with Gasteiger partial charge in [-0.1, -0.05) is 0 Å². The second kappa shape index (κ2) is 5.83. The topological polar surface area (TPSA) is 43.8 Å². The Morgan fingerprint density at radius 2 is 1.94 bits per heavy atom. The van der Waals surface area contributed by atoms with Crippen molar-refractivity contribution in [3.8, 4) is 0 Å². The van der Waals surface area contributed by atoms with Crippen LogP contribution in [0.2, 0.25) is 0 Å². The van der Waals surface area contributed by atoms with E-state index in [2.05, 4.69) is 11.9 Å². The van der Waals surface area contributed by atoms with Crippen molar-refractivity contribution >= 4 is 5.91 Å². The average molecular weight is 242 g/mol. The Hall–Kier alpha value is -0.610. The van der Waals surface area contributed by atoms with Crippen LogP contribution >= 0.6 is 0 Å². The van der Waals surface area contributed by atoms with Gasteiger partial charge in [0.1, 0.15) is 5.60 Å². The van der Waals surface area contributed by atoms with Crippen LogP contribution in [0.5, 0.6) is 0 Å². The van der Waals surface area contributed by atoms with Crippen LogP contribution in [0.1, 0.15) is 33.1 Å². The molecule has 1 aliphatic rings. The third-order valence-electron chi connectivity index (χ3n) is 3.58. The molecular formula is C13H26N2O2. The normalized spacial score (nSPS) is 19.4. The van der Waals surface area contributed by atoms with Crippen LogP contribution < -0.4 is 0 Å². The molecule has 17 heavy (non-hydrogen) atoms. The first-order valence-corrected chi connectivity index (χ1v) is 6.47. The van der Waals surface area contributed by atoms with Gasteiger partial charge in [-0.3, -0.25) is 4.79 Å². The minimum atomic E-state index is -1.25. The zero-order valence-corrected chi connectivity index (χ0v) is 11.6. The highest BCUT2D eigenvalue weighted by molar-refractivity contribution is 5.83. The number of piperidine rings is 1. The van der Waals surface area contributed by atoms with Crippen LogP contribution in [0, 0.1) is 5.92 Å². The van der Waals surface area contributed by atoms with Crippen LogP contribution in [-0.2, 0) is 4.79 Å². The van der Waals surface area contributed by atoms with E-state index in [1.165, 1.54) is 12.8 Å². The summed E-state index contributed by atoms with van der Waals surface area (Å²) >= 11 is 0. The summed E-state index contributed by atoms with van der Waals surface area (Å²) in [6.07, 6.45) is 3.49. The number of nitrogens with zero attached hydrogens (tertiary/aromatic N) is 2. The number of likely N-dealkylation sites (tertiary alicyclic amines) is 1. The second-order valence-electron chi connectivity index (χ2n) is 5.82. The van der Waals surface area contributed by atoms with Gasteiger partial charge in [0.25, 0.3) is 5.91 Å². The van der Waals surface area contributed by atoms with Gasteiger partial charge in [-0.15, -0.1) is 0 Å². The lowest BCUT2D eigenvalue weighted by Gasteiger charge is -2.31. The zero-order chi connectivity index (χ0) is 13.1. The molecule has 1 heterocycles. The Bertz CT molecular complexity index is 253. The fourth-order valence-corrected chi connectivity index (χ4v) is 2.30. The second-order valence-corrected chi connectivity index (χ2v) is 5.82. The highest BCUT2D eigenvalue weighted by atomic mass is 16.3. The lowest BCUT2D eigenvalue weighted by molar-refractivity contribution is -0.146. The van der Waals surface area contributed by atoms with E-state index in [-0.39, 0.29) is 5.91 Å². The molecule has 0 saturated carbocycles. The SMILES string of the molecule is CN1CCC(CCN(C)C(=O)C(C)(C)O)CC1. The summed E-state index contributed by atoms with van der Waals surface area (Å²) in [6.45, 7) is 6.15. The van der Waals surface area contributed by atoms with E-state index in [4.69, 9.17) is 0 Å². The number of hydrogen-bond donors (Lipinski definition) is 1. The highest BCUT2D eigenvalue weighted by Gasteiger charge is 2.27. The summed E-state index contributed by atoms with van der Waals surface area (Å²) in [7, 11) is 3.93. The van der Waals surface area contributed by atoms with E-state index < -0.39 is 5.60 Å². The quantitative estimate of drug-likeness (QED) is 0.798. The number of likely N-dealkylation sites (N-methyl/N-ethyl adjacent to an activating group) is 1. The maximum Gasteiger partial charge on any atom is 0.253 e. The van der Waals surface area contributed by atoms with Crippen LogP contribution in [0.4, 0.5) is 0 Å². The third-order valence-corrected chi connectivity index (χ3v) is 3.58. The maximum absolute atomic E-state index is 11.8. The van der Waals surface area contributed by atoms with Gasteiger partial charge in [-0.25, -0.2) is 0 Å². The van der Waals surface area contributed by atoms with Crippen molar-refractivity contribution in [2.45, 2.75) is 38.7 Å². The molecule has 1 rings (SSSR count). The molecule has 0 radical (unpaired) electrons. The van der Waals surface area contributed by atoms with Crippen LogP contribution in [0.15, 0.2) is 0 Å². The molecule has 0 spiro atoms. The Balaban J connectivity index is 2.29. The molecule has 4 nitrogen and oxygen atoms in total. The first-order valence-electron chi connectivity index (χ1n) is 6.47. The molecule has 0 aliphatic carbocycles. The maximum atomic E-state index is 11.8. The van der Waals surface area contributed by atoms with E-state index in [1.54, 1.807) is 25.8 Å². The minimum absolute atomic E-state index is 0.189. The predicted octanol–water partition coefficient (Wildman–Crippen LogP) is 0.948. The van der Waals surface area contributed by atoms with Crippen LogP contribution in [-0.4, -0.2) is 60.1 Å². The molecule has 0 unspecified atom stereocenters. The summed E-state index contributed by atoms with van der Waals surface area (Å²) in [6, 6.07) is 0. The molecule has 0 aromatic carbocycles. The van der Waals surface area contributed by atoms with Gasteiger partial charge in [0.05, 0.1) is 0 Å². The van der Waals surface area contributed by atoms with Gasteiger partial charge < -0.3 is 14.9 Å². The van der Waals surface area contributed by atoms with E-state index in [0.29, 0.717) is 0 Å². The first-order chi connectivity index (χ1) is 7.80. The van der Waals surface area contributed by atoms with Crippen molar-refractivity contribution in [2.24, 2.45) is 5.92 Å². The molecule has 100 valence electrons. The Labute approximate surface area is 105 Å². The minimum Gasteiger partial charge on any atom is -0.381 e. The van der Waals surface area contributed by atoms with E-state index in [9.17, 15) is 9.90 Å². The number of aliphatic hydroxyl groups is 1. The standard InChI is InChI=1S/C13H26N2O2/c1-13(2,17)12(16)15(4)10-7-11-5-8-14(3)9-6-11/h11,17H,5-10H2,1-4H3. The average Bonchev–Trinajstić information content (AvgIpc) is 2.25. The number of carbonyl (C=O) groups excluding carboxylic acids is 1. The molecule has 1 fully saturated rings. The Kier molecular flexibility index (Phi) is 4.95. The summed E-state index contributed by atoms with van der Waals surface area (Å²) in [4.78, 5) is 15.8. The molecule has 0 atom stereocenters. The number of rotatable bonds is 4. The van der Waals surface area contributed by atoms with Crippen molar-refractivity contribution in [3.05, 3.63) is 0 Å². The first kappa shape index (κ1) is 14.5. The van der Waals surface area contributed by atoms with Crippen molar-refractivity contribution in [3.63, 3.8) is 0 Å². The van der Waals surface area contributed by atoms with Gasteiger partial charge in [0.2, 0.25) is 0 Å². The molecule has 1 aliphatic heterocycles. The molecule has 0 aromatic heterocycles. The summed E-state index contributed by atoms with van der Waals surface area (Å²) < 4.78 is 0. The Morgan fingerprint density at radius 1 is 1.41 bits per heavy atom.